The number of Topliss-reactive ketones (excluding diaryl/α,β-unsaturated/α-hetero) is 1. The summed E-state index contributed by atoms with van der Waals surface area (Å²) in [5, 5.41) is 18.3. The van der Waals surface area contributed by atoms with Crippen LogP contribution in [0.15, 0.2) is 48.8 Å². The predicted octanol–water partition coefficient (Wildman–Crippen LogP) is 4.32. The molecule has 5 aromatic rings. The molecule has 6 rings (SSSR count). The smallest absolute Gasteiger partial charge is 0.339 e. The van der Waals surface area contributed by atoms with Crippen molar-refractivity contribution in [1.29, 1.82) is 0 Å². The first-order valence-electron chi connectivity index (χ1n) is 12.1. The molecule has 0 radical (unpaired) electrons. The first kappa shape index (κ1) is 24.7. The average Bonchev–Trinajstić information content (AvgIpc) is 3.51. The average molecular weight is 534 g/mol. The first-order valence-corrected chi connectivity index (χ1v) is 12.1. The van der Waals surface area contributed by atoms with Crippen molar-refractivity contribution in [3.63, 3.8) is 0 Å². The van der Waals surface area contributed by atoms with Gasteiger partial charge in [0, 0.05) is 30.8 Å². The maximum absolute atomic E-state index is 13.8. The van der Waals surface area contributed by atoms with Crippen molar-refractivity contribution in [3.05, 3.63) is 77.0 Å². The van der Waals surface area contributed by atoms with Gasteiger partial charge < -0.3 is 10.6 Å². The second-order valence-corrected chi connectivity index (χ2v) is 9.21. The van der Waals surface area contributed by atoms with Crippen molar-refractivity contribution in [2.75, 3.05) is 11.9 Å². The highest BCUT2D eigenvalue weighted by atomic mass is 19.4. The summed E-state index contributed by atoms with van der Waals surface area (Å²) in [6.45, 7) is 3.71. The first-order chi connectivity index (χ1) is 18.7. The van der Waals surface area contributed by atoms with Gasteiger partial charge >= 0.3 is 6.18 Å². The van der Waals surface area contributed by atoms with E-state index in [0.717, 1.165) is 11.4 Å². The number of benzene rings is 1. The van der Waals surface area contributed by atoms with E-state index in [-0.39, 0.29) is 29.3 Å². The molecule has 0 amide bonds. The van der Waals surface area contributed by atoms with Crippen LogP contribution >= 0.6 is 0 Å². The molecule has 0 spiro atoms. The highest BCUT2D eigenvalue weighted by molar-refractivity contribution is 5.97. The van der Waals surface area contributed by atoms with E-state index in [9.17, 15) is 18.0 Å². The number of ketones is 1. The molecular weight excluding hydrogens is 511 g/mol. The summed E-state index contributed by atoms with van der Waals surface area (Å²) in [4.78, 5) is 21.6. The Balaban J connectivity index is 1.47. The quantitative estimate of drug-likeness (QED) is 0.321. The number of anilines is 2. The van der Waals surface area contributed by atoms with Crippen molar-refractivity contribution in [1.82, 2.24) is 39.8 Å². The molecule has 1 aliphatic rings. The zero-order valence-corrected chi connectivity index (χ0v) is 20.9. The van der Waals surface area contributed by atoms with Crippen molar-refractivity contribution in [2.45, 2.75) is 33.0 Å². The van der Waals surface area contributed by atoms with Crippen molar-refractivity contribution in [3.8, 4) is 11.6 Å². The molecule has 0 atom stereocenters. The highest BCUT2D eigenvalue weighted by Gasteiger charge is 2.40. The Kier molecular flexibility index (Phi) is 5.87. The maximum Gasteiger partial charge on any atom is 0.435 e. The number of rotatable bonds is 5. The molecule has 1 aliphatic heterocycles. The van der Waals surface area contributed by atoms with Crippen LogP contribution < -0.4 is 10.6 Å². The molecule has 0 fully saturated rings. The number of alkyl halides is 3. The van der Waals surface area contributed by atoms with Gasteiger partial charge in [0.15, 0.2) is 23.1 Å². The summed E-state index contributed by atoms with van der Waals surface area (Å²) < 4.78 is 44.4. The van der Waals surface area contributed by atoms with Gasteiger partial charge in [0.2, 0.25) is 0 Å². The fourth-order valence-corrected chi connectivity index (χ4v) is 4.64. The monoisotopic (exact) mass is 533 g/mol. The van der Waals surface area contributed by atoms with Crippen molar-refractivity contribution < 1.29 is 18.0 Å². The minimum absolute atomic E-state index is 0.0343. The van der Waals surface area contributed by atoms with Gasteiger partial charge in [-0.2, -0.15) is 23.4 Å². The maximum atomic E-state index is 13.8. The third kappa shape index (κ3) is 4.50. The molecule has 0 aliphatic carbocycles. The molecule has 39 heavy (non-hydrogen) atoms. The molecule has 10 nitrogen and oxygen atoms in total. The van der Waals surface area contributed by atoms with Crippen LogP contribution in [-0.4, -0.2) is 46.8 Å². The number of fused-ring (bicyclic) bond motifs is 2. The zero-order chi connectivity index (χ0) is 27.3. The molecule has 0 unspecified atom stereocenters. The summed E-state index contributed by atoms with van der Waals surface area (Å²) in [6.07, 6.45) is -2.76. The summed E-state index contributed by atoms with van der Waals surface area (Å²) in [7, 11) is 0. The van der Waals surface area contributed by atoms with Gasteiger partial charge in [-0.15, -0.1) is 5.10 Å². The molecule has 0 saturated carbocycles. The predicted molar refractivity (Wildman–Crippen MR) is 136 cm³/mol. The Morgan fingerprint density at radius 2 is 1.95 bits per heavy atom. The Morgan fingerprint density at radius 3 is 2.69 bits per heavy atom. The highest BCUT2D eigenvalue weighted by Crippen LogP contribution is 2.35. The van der Waals surface area contributed by atoms with E-state index >= 15 is 0 Å². The van der Waals surface area contributed by atoms with E-state index < -0.39 is 11.9 Å². The normalized spacial score (nSPS) is 13.5. The molecule has 13 heteroatoms. The fourth-order valence-electron chi connectivity index (χ4n) is 4.64. The molecule has 0 bridgehead atoms. The minimum Gasteiger partial charge on any atom is -0.339 e. The van der Waals surface area contributed by atoms with Crippen LogP contribution in [0.2, 0.25) is 0 Å². The summed E-state index contributed by atoms with van der Waals surface area (Å²) in [6, 6.07) is 12.4. The number of halogens is 3. The van der Waals surface area contributed by atoms with Crippen LogP contribution in [0.5, 0.6) is 0 Å². The van der Waals surface area contributed by atoms with Gasteiger partial charge in [-0.05, 0) is 56.3 Å². The SMILES string of the molecule is CC(=O)c1ccc(-n2cnc3ccc(Nc4ccc(C)nn4)cc32)nc1-n1nc(C(F)(F)F)c2c1CCNC2. The largest absolute Gasteiger partial charge is 0.435 e. The lowest BCUT2D eigenvalue weighted by atomic mass is 10.1. The van der Waals surface area contributed by atoms with Crippen LogP contribution in [0.1, 0.15) is 39.9 Å². The Bertz CT molecular complexity index is 1720. The van der Waals surface area contributed by atoms with Gasteiger partial charge in [-0.1, -0.05) is 0 Å². The van der Waals surface area contributed by atoms with Gasteiger partial charge in [0.1, 0.15) is 12.1 Å². The van der Waals surface area contributed by atoms with E-state index in [4.69, 9.17) is 0 Å². The molecule has 1 aromatic carbocycles. The van der Waals surface area contributed by atoms with Crippen LogP contribution in [-0.2, 0) is 19.1 Å². The van der Waals surface area contributed by atoms with Gasteiger partial charge in [-0.25, -0.2) is 14.6 Å². The number of hydrogen-bond acceptors (Lipinski definition) is 8. The lowest BCUT2D eigenvalue weighted by Crippen LogP contribution is -2.26. The van der Waals surface area contributed by atoms with E-state index in [1.54, 1.807) is 23.0 Å². The summed E-state index contributed by atoms with van der Waals surface area (Å²) in [5.41, 5.74) is 2.53. The van der Waals surface area contributed by atoms with Crippen LogP contribution in [0.4, 0.5) is 24.7 Å². The number of carbonyl (C=O) groups is 1. The molecule has 4 aromatic heterocycles. The van der Waals surface area contributed by atoms with E-state index in [1.807, 2.05) is 37.3 Å². The topological polar surface area (TPSA) is 115 Å². The van der Waals surface area contributed by atoms with Crippen LogP contribution in [0, 0.1) is 6.92 Å². The lowest BCUT2D eigenvalue weighted by Gasteiger charge is -2.17. The molecule has 198 valence electrons. The number of hydrogen-bond donors (Lipinski definition) is 2. The third-order valence-corrected chi connectivity index (χ3v) is 6.50. The summed E-state index contributed by atoms with van der Waals surface area (Å²) >= 11 is 0. The number of aryl methyl sites for hydroxylation is 1. The number of nitrogens with one attached hydrogen (secondary N) is 2. The van der Waals surface area contributed by atoms with E-state index in [2.05, 4.69) is 35.9 Å². The van der Waals surface area contributed by atoms with E-state index in [0.29, 0.717) is 41.3 Å². The van der Waals surface area contributed by atoms with Crippen LogP contribution in [0.25, 0.3) is 22.7 Å². The lowest BCUT2D eigenvalue weighted by molar-refractivity contribution is -0.142. The third-order valence-electron chi connectivity index (χ3n) is 6.50. The standard InChI is InChI=1S/C26H22F3N9O/c1-14-3-7-22(35-34-14)32-16-4-6-19-21(11-16)37(13-31-19)23-8-5-17(15(2)39)25(33-23)38-20-9-10-30-12-18(20)24(36-38)26(27,28)29/h3-8,11,13,30H,9-10,12H2,1-2H3,(H,32,35). The number of nitrogens with zero attached hydrogens (tertiary/aromatic N) is 7. The van der Waals surface area contributed by atoms with Gasteiger partial charge in [0.25, 0.3) is 0 Å². The second kappa shape index (κ2) is 9.27. The Morgan fingerprint density at radius 1 is 1.10 bits per heavy atom. The Labute approximate surface area is 219 Å². The number of imidazole rings is 1. The number of aromatic nitrogens is 7. The zero-order valence-electron chi connectivity index (χ0n) is 20.9. The Hall–Kier alpha value is -4.65. The molecular formula is C26H22F3N9O. The molecule has 5 heterocycles. The van der Waals surface area contributed by atoms with E-state index in [1.165, 1.54) is 11.6 Å². The van der Waals surface area contributed by atoms with Crippen molar-refractivity contribution in [2.24, 2.45) is 0 Å². The fraction of sp³-hybridized carbons (Fsp3) is 0.231. The van der Waals surface area contributed by atoms with Crippen LogP contribution in [0.3, 0.4) is 0 Å². The number of pyridine rings is 1. The number of carbonyl (C=O) groups excluding carboxylic acids is 1. The minimum atomic E-state index is -4.64. The summed E-state index contributed by atoms with van der Waals surface area (Å²) in [5.74, 6) is 0.642. The molecule has 0 saturated heterocycles. The van der Waals surface area contributed by atoms with Gasteiger partial charge in [-0.3, -0.25) is 9.36 Å². The van der Waals surface area contributed by atoms with Crippen molar-refractivity contribution >= 4 is 28.3 Å². The second-order valence-electron chi connectivity index (χ2n) is 9.21. The molecule has 2 N–H and O–H groups in total. The van der Waals surface area contributed by atoms with Gasteiger partial charge in [0.05, 0.1) is 28.0 Å².